The monoisotopic (exact) mass is 702 g/mol. The largest absolute Gasteiger partial charge is 0.228 e. The van der Waals surface area contributed by atoms with E-state index in [1.165, 1.54) is 60.8 Å². The second kappa shape index (κ2) is 13.2. The molecule has 0 unspecified atom stereocenters. The van der Waals surface area contributed by atoms with Gasteiger partial charge in [0.2, 0.25) is 0 Å². The molecule has 0 saturated heterocycles. The molecular formula is C53H38N2. The lowest BCUT2D eigenvalue weighted by atomic mass is 9.81. The standard InChI is InChI=1S/C53H38N2/c1-53(2)48-16-10-9-15-46(48)47-30-29-44(33-49(47)53)37-19-17-35(18-20-37)42-27-23-38-24-28-43(32-45(38)31-42)36-21-25-41(26-22-36)52-54-50(39-11-5-3-6-12-39)34-51(55-52)40-13-7-4-8-14-40/h3-34H,1-2H3. The van der Waals surface area contributed by atoms with Crippen LogP contribution in [0, 0.1) is 0 Å². The first-order valence-corrected chi connectivity index (χ1v) is 19.0. The molecule has 0 saturated carbocycles. The summed E-state index contributed by atoms with van der Waals surface area (Å²) in [5.74, 6) is 0.714. The van der Waals surface area contributed by atoms with Crippen molar-refractivity contribution < 1.29 is 0 Å². The quantitative estimate of drug-likeness (QED) is 0.172. The first-order valence-electron chi connectivity index (χ1n) is 19.0. The maximum Gasteiger partial charge on any atom is 0.160 e. The molecule has 0 radical (unpaired) electrons. The van der Waals surface area contributed by atoms with E-state index in [1.54, 1.807) is 0 Å². The molecule has 10 rings (SSSR count). The highest BCUT2D eigenvalue weighted by Crippen LogP contribution is 2.49. The number of hydrogen-bond donors (Lipinski definition) is 0. The summed E-state index contributed by atoms with van der Waals surface area (Å²) in [7, 11) is 0. The van der Waals surface area contributed by atoms with Crippen LogP contribution in [0.2, 0.25) is 0 Å². The van der Waals surface area contributed by atoms with Crippen molar-refractivity contribution in [3.63, 3.8) is 0 Å². The molecule has 0 atom stereocenters. The molecule has 0 fully saturated rings. The zero-order chi connectivity index (χ0) is 36.9. The average Bonchev–Trinajstić information content (AvgIpc) is 3.49. The van der Waals surface area contributed by atoms with E-state index in [2.05, 4.69) is 172 Å². The van der Waals surface area contributed by atoms with Crippen molar-refractivity contribution >= 4 is 10.8 Å². The summed E-state index contributed by atoms with van der Waals surface area (Å²) in [4.78, 5) is 10.0. The predicted molar refractivity (Wildman–Crippen MR) is 230 cm³/mol. The molecule has 0 aliphatic heterocycles. The van der Waals surface area contributed by atoms with E-state index in [0.29, 0.717) is 5.82 Å². The van der Waals surface area contributed by atoms with E-state index in [1.807, 2.05) is 36.4 Å². The van der Waals surface area contributed by atoms with Gasteiger partial charge in [-0.05, 0) is 90.7 Å². The fourth-order valence-corrected chi connectivity index (χ4v) is 8.25. The molecule has 2 heteroatoms. The van der Waals surface area contributed by atoms with E-state index in [4.69, 9.17) is 9.97 Å². The van der Waals surface area contributed by atoms with E-state index < -0.39 is 0 Å². The van der Waals surface area contributed by atoms with Crippen molar-refractivity contribution in [2.75, 3.05) is 0 Å². The lowest BCUT2D eigenvalue weighted by Crippen LogP contribution is -2.14. The van der Waals surface area contributed by atoms with Crippen molar-refractivity contribution in [3.05, 3.63) is 205 Å². The molecule has 0 N–H and O–H groups in total. The number of aromatic nitrogens is 2. The Bertz CT molecular complexity index is 2800. The molecule has 1 aliphatic carbocycles. The Balaban J connectivity index is 0.928. The van der Waals surface area contributed by atoms with Gasteiger partial charge in [-0.1, -0.05) is 184 Å². The second-order valence-corrected chi connectivity index (χ2v) is 15.1. The van der Waals surface area contributed by atoms with Gasteiger partial charge in [-0.25, -0.2) is 9.97 Å². The smallest absolute Gasteiger partial charge is 0.160 e. The zero-order valence-corrected chi connectivity index (χ0v) is 30.9. The molecule has 1 heterocycles. The van der Waals surface area contributed by atoms with Gasteiger partial charge in [-0.3, -0.25) is 0 Å². The summed E-state index contributed by atoms with van der Waals surface area (Å²) in [6, 6.07) is 69.7. The highest BCUT2D eigenvalue weighted by atomic mass is 14.9. The van der Waals surface area contributed by atoms with Gasteiger partial charge < -0.3 is 0 Å². The Hall–Kier alpha value is -6.90. The molecule has 1 aliphatic rings. The first-order chi connectivity index (χ1) is 27.0. The number of hydrogen-bond acceptors (Lipinski definition) is 2. The summed E-state index contributed by atoms with van der Waals surface area (Å²) in [6.45, 7) is 4.68. The third-order valence-corrected chi connectivity index (χ3v) is 11.3. The van der Waals surface area contributed by atoms with Gasteiger partial charge in [0.05, 0.1) is 11.4 Å². The Kier molecular flexibility index (Phi) is 7.85. The topological polar surface area (TPSA) is 25.8 Å². The Morgan fingerprint density at radius 2 is 0.745 bits per heavy atom. The number of fused-ring (bicyclic) bond motifs is 4. The minimum Gasteiger partial charge on any atom is -0.228 e. The van der Waals surface area contributed by atoms with Crippen LogP contribution in [0.3, 0.4) is 0 Å². The van der Waals surface area contributed by atoms with Crippen molar-refractivity contribution in [1.29, 1.82) is 0 Å². The van der Waals surface area contributed by atoms with Crippen LogP contribution in [0.4, 0.5) is 0 Å². The van der Waals surface area contributed by atoms with Crippen LogP contribution in [0.15, 0.2) is 194 Å². The Labute approximate surface area is 322 Å². The molecule has 2 nitrogen and oxygen atoms in total. The van der Waals surface area contributed by atoms with Crippen LogP contribution < -0.4 is 0 Å². The van der Waals surface area contributed by atoms with E-state index in [-0.39, 0.29) is 5.41 Å². The molecule has 55 heavy (non-hydrogen) atoms. The van der Waals surface area contributed by atoms with Gasteiger partial charge in [0.15, 0.2) is 5.82 Å². The van der Waals surface area contributed by atoms with Crippen LogP contribution in [0.25, 0.3) is 89.2 Å². The number of nitrogens with zero attached hydrogens (tertiary/aromatic N) is 2. The van der Waals surface area contributed by atoms with Gasteiger partial charge in [0.1, 0.15) is 0 Å². The minimum atomic E-state index is -0.0106. The fourth-order valence-electron chi connectivity index (χ4n) is 8.25. The number of rotatable bonds is 6. The van der Waals surface area contributed by atoms with Gasteiger partial charge in [0.25, 0.3) is 0 Å². The van der Waals surface area contributed by atoms with Gasteiger partial charge in [-0.15, -0.1) is 0 Å². The third kappa shape index (κ3) is 5.93. The predicted octanol–water partition coefficient (Wildman–Crippen LogP) is 13.9. The first kappa shape index (κ1) is 32.7. The highest BCUT2D eigenvalue weighted by Gasteiger charge is 2.35. The van der Waals surface area contributed by atoms with Gasteiger partial charge in [-0.2, -0.15) is 0 Å². The van der Waals surface area contributed by atoms with Crippen molar-refractivity contribution in [1.82, 2.24) is 9.97 Å². The molecule has 260 valence electrons. The number of benzene rings is 8. The summed E-state index contributed by atoms with van der Waals surface area (Å²) in [5.41, 5.74) is 17.7. The summed E-state index contributed by atoms with van der Waals surface area (Å²) < 4.78 is 0. The molecule has 0 bridgehead atoms. The molecule has 0 amide bonds. The molecular weight excluding hydrogens is 665 g/mol. The van der Waals surface area contributed by atoms with E-state index in [0.717, 1.165) is 33.6 Å². The normalized spacial score (nSPS) is 12.7. The van der Waals surface area contributed by atoms with E-state index in [9.17, 15) is 0 Å². The zero-order valence-electron chi connectivity index (χ0n) is 30.9. The SMILES string of the molecule is CC1(C)c2ccccc2-c2ccc(-c3ccc(-c4ccc5ccc(-c6ccc(-c7nc(-c8ccccc8)cc(-c8ccccc8)n7)cc6)cc5c4)cc3)cc21. The van der Waals surface area contributed by atoms with Crippen LogP contribution in [0.5, 0.6) is 0 Å². The summed E-state index contributed by atoms with van der Waals surface area (Å²) in [6.07, 6.45) is 0. The Morgan fingerprint density at radius 1 is 0.309 bits per heavy atom. The Morgan fingerprint density at radius 3 is 1.31 bits per heavy atom. The van der Waals surface area contributed by atoms with Crippen LogP contribution in [-0.2, 0) is 5.41 Å². The van der Waals surface area contributed by atoms with Crippen molar-refractivity contribution in [3.8, 4) is 78.4 Å². The second-order valence-electron chi connectivity index (χ2n) is 15.1. The molecule has 8 aromatic carbocycles. The van der Waals surface area contributed by atoms with E-state index >= 15 is 0 Å². The summed E-state index contributed by atoms with van der Waals surface area (Å²) in [5, 5.41) is 2.44. The molecule has 9 aromatic rings. The third-order valence-electron chi connectivity index (χ3n) is 11.3. The molecule has 1 aromatic heterocycles. The average molecular weight is 703 g/mol. The molecule has 0 spiro atoms. The maximum atomic E-state index is 5.02. The van der Waals surface area contributed by atoms with Gasteiger partial charge >= 0.3 is 0 Å². The van der Waals surface area contributed by atoms with Crippen molar-refractivity contribution in [2.24, 2.45) is 0 Å². The van der Waals surface area contributed by atoms with Crippen LogP contribution >= 0.6 is 0 Å². The van der Waals surface area contributed by atoms with Crippen LogP contribution in [-0.4, -0.2) is 9.97 Å². The highest BCUT2D eigenvalue weighted by molar-refractivity contribution is 5.91. The lowest BCUT2D eigenvalue weighted by molar-refractivity contribution is 0.660. The lowest BCUT2D eigenvalue weighted by Gasteiger charge is -2.22. The van der Waals surface area contributed by atoms with Crippen molar-refractivity contribution in [2.45, 2.75) is 19.3 Å². The van der Waals surface area contributed by atoms with Crippen LogP contribution in [0.1, 0.15) is 25.0 Å². The fraction of sp³-hybridized carbons (Fsp3) is 0.0566. The maximum absolute atomic E-state index is 5.02. The minimum absolute atomic E-state index is 0.0106. The summed E-state index contributed by atoms with van der Waals surface area (Å²) >= 11 is 0. The van der Waals surface area contributed by atoms with Gasteiger partial charge in [0, 0.05) is 22.1 Å².